The molecule has 2 aliphatic rings. The summed E-state index contributed by atoms with van der Waals surface area (Å²) in [4.78, 5) is 18.0. The number of alkyl halides is 3. The number of amidine groups is 1. The molecule has 0 radical (unpaired) electrons. The quantitative estimate of drug-likeness (QED) is 0.685. The summed E-state index contributed by atoms with van der Waals surface area (Å²) in [6.45, 7) is 1.92. The summed E-state index contributed by atoms with van der Waals surface area (Å²) < 4.78 is 65.2. The predicted molar refractivity (Wildman–Crippen MR) is 115 cm³/mol. The molecule has 2 aromatic carbocycles. The van der Waals surface area contributed by atoms with Crippen LogP contribution in [0.3, 0.4) is 0 Å². The summed E-state index contributed by atoms with van der Waals surface area (Å²) in [5.41, 5.74) is 0.707. The Kier molecular flexibility index (Phi) is 5.63. The van der Waals surface area contributed by atoms with Crippen LogP contribution in [0.2, 0.25) is 0 Å². The molecular formula is C21H19F3N2O3S2. The molecule has 0 N–H and O–H groups in total. The first-order valence-electron chi connectivity index (χ1n) is 9.53. The molecule has 1 amide bonds. The van der Waals surface area contributed by atoms with E-state index >= 15 is 0 Å². The molecule has 2 aromatic rings. The highest BCUT2D eigenvalue weighted by atomic mass is 32.2. The molecule has 5 nitrogen and oxygen atoms in total. The third-order valence-corrected chi connectivity index (χ3v) is 8.44. The maximum absolute atomic E-state index is 13.6. The summed E-state index contributed by atoms with van der Waals surface area (Å²) >= 11 is 1.06. The number of amides is 1. The number of fused-ring (bicyclic) bond motifs is 1. The van der Waals surface area contributed by atoms with Gasteiger partial charge in [0.1, 0.15) is 0 Å². The Balaban J connectivity index is 1.71. The number of rotatable bonds is 3. The number of aliphatic imine (C=N–C) groups is 1. The van der Waals surface area contributed by atoms with Crippen LogP contribution in [-0.2, 0) is 27.2 Å². The molecular weight excluding hydrogens is 449 g/mol. The summed E-state index contributed by atoms with van der Waals surface area (Å²) in [6, 6.07) is 11.6. The minimum atomic E-state index is -4.63. The van der Waals surface area contributed by atoms with E-state index in [4.69, 9.17) is 0 Å². The molecule has 0 aliphatic carbocycles. The van der Waals surface area contributed by atoms with Gasteiger partial charge in [-0.15, -0.1) is 0 Å². The lowest BCUT2D eigenvalue weighted by molar-refractivity contribution is -0.137. The van der Waals surface area contributed by atoms with E-state index in [1.165, 1.54) is 23.1 Å². The van der Waals surface area contributed by atoms with Crippen molar-refractivity contribution < 1.29 is 26.4 Å². The third-order valence-electron chi connectivity index (χ3n) is 5.23. The molecule has 2 aliphatic heterocycles. The molecule has 10 heteroatoms. The fourth-order valence-corrected chi connectivity index (χ4v) is 7.72. The van der Waals surface area contributed by atoms with Crippen molar-refractivity contribution in [3.05, 3.63) is 65.2 Å². The summed E-state index contributed by atoms with van der Waals surface area (Å²) in [6.07, 6.45) is -4.62. The maximum Gasteiger partial charge on any atom is 0.418 e. The first kappa shape index (κ1) is 21.9. The lowest BCUT2D eigenvalue weighted by Crippen LogP contribution is -2.39. The Morgan fingerprint density at radius 2 is 1.81 bits per heavy atom. The second-order valence-electron chi connectivity index (χ2n) is 7.64. The van der Waals surface area contributed by atoms with Gasteiger partial charge in [-0.05, 0) is 24.6 Å². The zero-order valence-corrected chi connectivity index (χ0v) is 18.1. The molecule has 164 valence electrons. The number of carbonyl (C=O) groups is 1. The maximum atomic E-state index is 13.6. The molecule has 0 aromatic heterocycles. The zero-order valence-electron chi connectivity index (χ0n) is 16.5. The van der Waals surface area contributed by atoms with Crippen LogP contribution in [0.4, 0.5) is 18.9 Å². The lowest BCUT2D eigenvalue weighted by Gasteiger charge is -2.27. The Morgan fingerprint density at radius 1 is 1.13 bits per heavy atom. The monoisotopic (exact) mass is 468 g/mol. The minimum Gasteiger partial charge on any atom is -0.315 e. The molecule has 4 rings (SSSR count). The lowest BCUT2D eigenvalue weighted by atomic mass is 10.1. The van der Waals surface area contributed by atoms with Crippen molar-refractivity contribution in [3.8, 4) is 0 Å². The molecule has 2 fully saturated rings. The first-order chi connectivity index (χ1) is 14.5. The number of thioether (sulfide) groups is 1. The molecule has 2 atom stereocenters. The number of para-hydroxylation sites is 1. The van der Waals surface area contributed by atoms with Crippen LogP contribution in [-0.4, -0.2) is 42.3 Å². The highest BCUT2D eigenvalue weighted by Gasteiger charge is 2.51. The molecule has 0 bridgehead atoms. The molecule has 0 spiro atoms. The normalized spacial score (nSPS) is 23.9. The van der Waals surface area contributed by atoms with Gasteiger partial charge in [-0.2, -0.15) is 18.2 Å². The summed E-state index contributed by atoms with van der Waals surface area (Å²) in [5, 5.41) is -0.365. The molecule has 0 unspecified atom stereocenters. The van der Waals surface area contributed by atoms with Crippen LogP contribution in [0.1, 0.15) is 16.7 Å². The van der Waals surface area contributed by atoms with Crippen molar-refractivity contribution in [3.63, 3.8) is 0 Å². The second kappa shape index (κ2) is 7.98. The average Bonchev–Trinajstić information content (AvgIpc) is 3.13. The Morgan fingerprint density at radius 3 is 2.48 bits per heavy atom. The van der Waals surface area contributed by atoms with Gasteiger partial charge in [0.05, 0.1) is 35.2 Å². The number of benzene rings is 2. The third kappa shape index (κ3) is 4.64. The van der Waals surface area contributed by atoms with Gasteiger partial charge in [-0.25, -0.2) is 8.42 Å². The minimum absolute atomic E-state index is 0.00668. The van der Waals surface area contributed by atoms with Crippen molar-refractivity contribution in [1.29, 1.82) is 0 Å². The van der Waals surface area contributed by atoms with Crippen LogP contribution < -0.4 is 4.90 Å². The topological polar surface area (TPSA) is 66.8 Å². The number of anilines is 1. The Labute approximate surface area is 182 Å². The first-order valence-corrected chi connectivity index (χ1v) is 12.2. The van der Waals surface area contributed by atoms with Crippen molar-refractivity contribution in [2.24, 2.45) is 4.99 Å². The van der Waals surface area contributed by atoms with Gasteiger partial charge in [0.2, 0.25) is 0 Å². The summed E-state index contributed by atoms with van der Waals surface area (Å²) in [7, 11) is -3.38. The van der Waals surface area contributed by atoms with E-state index in [1.54, 1.807) is 12.1 Å². The standard InChI is InChI=1S/C21H19F3N2O3S2/c1-13-6-8-14(9-7-13)10-19(27)25-20-26(17-11-31(28,29)12-18(17)30-20)16-5-3-2-4-15(16)21(22,23)24/h2-9,17-18H,10-12H2,1H3/t17-,18+/m0/s1. The summed E-state index contributed by atoms with van der Waals surface area (Å²) in [5.74, 6) is -0.927. The number of hydrogen-bond donors (Lipinski definition) is 0. The van der Waals surface area contributed by atoms with Gasteiger partial charge in [-0.1, -0.05) is 53.7 Å². The smallest absolute Gasteiger partial charge is 0.315 e. The van der Waals surface area contributed by atoms with Gasteiger partial charge in [-0.3, -0.25) is 4.79 Å². The number of hydrogen-bond acceptors (Lipinski definition) is 4. The highest BCUT2D eigenvalue weighted by molar-refractivity contribution is 8.16. The molecule has 2 heterocycles. The number of sulfone groups is 1. The van der Waals surface area contributed by atoms with Crippen LogP contribution in [0, 0.1) is 6.92 Å². The van der Waals surface area contributed by atoms with Crippen molar-refractivity contribution in [1.82, 2.24) is 0 Å². The fourth-order valence-electron chi connectivity index (χ4n) is 3.80. The van der Waals surface area contributed by atoms with Crippen LogP contribution in [0.15, 0.2) is 53.5 Å². The predicted octanol–water partition coefficient (Wildman–Crippen LogP) is 3.86. The average molecular weight is 469 g/mol. The Bertz CT molecular complexity index is 1150. The number of aryl methyl sites for hydroxylation is 1. The van der Waals surface area contributed by atoms with Crippen LogP contribution in [0.25, 0.3) is 0 Å². The van der Waals surface area contributed by atoms with E-state index < -0.39 is 38.8 Å². The van der Waals surface area contributed by atoms with E-state index in [9.17, 15) is 26.4 Å². The van der Waals surface area contributed by atoms with E-state index in [1.807, 2.05) is 19.1 Å². The van der Waals surface area contributed by atoms with Gasteiger partial charge in [0, 0.05) is 5.25 Å². The molecule has 31 heavy (non-hydrogen) atoms. The molecule has 0 saturated carbocycles. The molecule has 2 saturated heterocycles. The van der Waals surface area contributed by atoms with Crippen molar-refractivity contribution in [2.75, 3.05) is 16.4 Å². The van der Waals surface area contributed by atoms with Gasteiger partial charge in [0.25, 0.3) is 5.91 Å². The second-order valence-corrected chi connectivity index (χ2v) is 11.0. The Hall–Kier alpha value is -2.33. The van der Waals surface area contributed by atoms with E-state index in [0.717, 1.165) is 29.0 Å². The van der Waals surface area contributed by atoms with Gasteiger partial charge < -0.3 is 4.90 Å². The van der Waals surface area contributed by atoms with Gasteiger partial charge in [0.15, 0.2) is 15.0 Å². The zero-order chi connectivity index (χ0) is 22.4. The van der Waals surface area contributed by atoms with Crippen LogP contribution >= 0.6 is 11.8 Å². The van der Waals surface area contributed by atoms with E-state index in [0.29, 0.717) is 0 Å². The number of halogens is 3. The highest BCUT2D eigenvalue weighted by Crippen LogP contribution is 2.45. The SMILES string of the molecule is Cc1ccc(CC(=O)N=C2S[C@@H]3CS(=O)(=O)C[C@@H]3N2c2ccccc2C(F)(F)F)cc1. The van der Waals surface area contributed by atoms with Crippen molar-refractivity contribution >= 4 is 38.4 Å². The van der Waals surface area contributed by atoms with E-state index in [2.05, 4.69) is 4.99 Å². The van der Waals surface area contributed by atoms with E-state index in [-0.39, 0.29) is 28.8 Å². The largest absolute Gasteiger partial charge is 0.418 e. The number of nitrogens with zero attached hydrogens (tertiary/aromatic N) is 2. The van der Waals surface area contributed by atoms with Gasteiger partial charge >= 0.3 is 6.18 Å². The van der Waals surface area contributed by atoms with Crippen molar-refractivity contribution in [2.45, 2.75) is 30.8 Å². The fraction of sp³-hybridized carbons (Fsp3) is 0.333. The number of carbonyl (C=O) groups excluding carboxylic acids is 1. The van der Waals surface area contributed by atoms with Crippen LogP contribution in [0.5, 0.6) is 0 Å².